The van der Waals surface area contributed by atoms with Gasteiger partial charge in [-0.15, -0.1) is 11.6 Å². The summed E-state index contributed by atoms with van der Waals surface area (Å²) in [5, 5.41) is 5.63. The first-order valence-corrected chi connectivity index (χ1v) is 11.4. The van der Waals surface area contributed by atoms with Gasteiger partial charge in [0.25, 0.3) is 0 Å². The Balaban J connectivity index is 1.97. The molecule has 0 fully saturated rings. The molecule has 34 heavy (non-hydrogen) atoms. The molecule has 0 aliphatic carbocycles. The Labute approximate surface area is 209 Å². The van der Waals surface area contributed by atoms with Crippen LogP contribution in [-0.2, 0) is 9.63 Å². The lowest BCUT2D eigenvalue weighted by molar-refractivity contribution is -0.140. The van der Waals surface area contributed by atoms with E-state index >= 15 is 0 Å². The maximum absolute atomic E-state index is 11.5. The van der Waals surface area contributed by atoms with Crippen molar-refractivity contribution in [3.05, 3.63) is 75.6 Å². The molecule has 0 radical (unpaired) electrons. The summed E-state index contributed by atoms with van der Waals surface area (Å²) in [5.74, 6) is -0.103. The first-order chi connectivity index (χ1) is 16.4. The van der Waals surface area contributed by atoms with Gasteiger partial charge in [0.1, 0.15) is 11.6 Å². The molecule has 0 saturated carbocycles. The highest BCUT2D eigenvalue weighted by atomic mass is 79.9. The van der Waals surface area contributed by atoms with E-state index in [0.717, 1.165) is 21.9 Å². The van der Waals surface area contributed by atoms with Gasteiger partial charge in [0, 0.05) is 16.9 Å². The molecule has 1 unspecified atom stereocenters. The second kappa shape index (κ2) is 9.82. The Kier molecular flexibility index (Phi) is 6.85. The zero-order chi connectivity index (χ0) is 24.4. The number of amidine groups is 1. The van der Waals surface area contributed by atoms with Crippen molar-refractivity contribution in [2.24, 2.45) is 16.6 Å². The molecule has 3 aromatic rings. The third-order valence-electron chi connectivity index (χ3n) is 5.41. The molecule has 8 nitrogen and oxygen atoms in total. The van der Waals surface area contributed by atoms with E-state index in [-0.39, 0.29) is 17.6 Å². The fourth-order valence-electron chi connectivity index (χ4n) is 3.96. The number of carbonyl (C=O) groups is 1. The zero-order valence-electron chi connectivity index (χ0n) is 18.3. The minimum absolute atomic E-state index is 0.0305. The summed E-state index contributed by atoms with van der Waals surface area (Å²) >= 11 is 9.05. The average molecular weight is 547 g/mol. The van der Waals surface area contributed by atoms with E-state index in [9.17, 15) is 4.79 Å². The molecule has 0 bridgehead atoms. The average Bonchev–Trinajstić information content (AvgIpc) is 2.85. The highest BCUT2D eigenvalue weighted by Crippen LogP contribution is 2.48. The smallest absolute Gasteiger partial charge is 0.349 e. The first kappa shape index (κ1) is 23.7. The van der Waals surface area contributed by atoms with Crippen molar-refractivity contribution < 1.29 is 23.8 Å². The molecule has 1 aliphatic heterocycles. The van der Waals surface area contributed by atoms with Crippen LogP contribution in [0.5, 0.6) is 17.2 Å². The van der Waals surface area contributed by atoms with Gasteiger partial charge < -0.3 is 30.5 Å². The molecule has 1 heterocycles. The molecule has 1 atom stereocenters. The van der Waals surface area contributed by atoms with Gasteiger partial charge in [-0.3, -0.25) is 0 Å². The molecule has 0 spiro atoms. The number of hydrogen-bond donors (Lipinski definition) is 2. The van der Waals surface area contributed by atoms with Gasteiger partial charge in [0.05, 0.1) is 24.3 Å². The number of nitrogens with zero attached hydrogens (tertiary/aromatic N) is 1. The second-order valence-electron chi connectivity index (χ2n) is 7.33. The Hall–Kier alpha value is -3.43. The Morgan fingerprint density at radius 2 is 1.94 bits per heavy atom. The summed E-state index contributed by atoms with van der Waals surface area (Å²) < 4.78 is 17.7. The van der Waals surface area contributed by atoms with Gasteiger partial charge >= 0.3 is 5.97 Å². The highest BCUT2D eigenvalue weighted by molar-refractivity contribution is 9.10. The molecule has 4 N–H and O–H groups in total. The Morgan fingerprint density at radius 1 is 1.18 bits per heavy atom. The van der Waals surface area contributed by atoms with E-state index < -0.39 is 11.9 Å². The van der Waals surface area contributed by atoms with Crippen LogP contribution in [0.1, 0.15) is 17.0 Å². The van der Waals surface area contributed by atoms with Crippen LogP contribution < -0.4 is 25.7 Å². The number of fused-ring (bicyclic) bond motifs is 3. The molecule has 1 aliphatic rings. The number of ether oxygens (including phenoxy) is 3. The Bertz CT molecular complexity index is 1340. The summed E-state index contributed by atoms with van der Waals surface area (Å²) in [6.45, 7) is 0. The van der Waals surface area contributed by atoms with Crippen molar-refractivity contribution in [2.75, 3.05) is 20.1 Å². The minimum Gasteiger partial charge on any atom is -0.493 e. The van der Waals surface area contributed by atoms with E-state index in [1.165, 1.54) is 0 Å². The third kappa shape index (κ3) is 4.24. The van der Waals surface area contributed by atoms with Crippen molar-refractivity contribution in [1.29, 1.82) is 0 Å². The SMILES string of the molecule is COc1cc(C2C(/C(N)=N/OC(=O)CCl)=C(N)Oc3c2ccc2ccccc32)cc(Br)c1OC. The third-order valence-corrected chi connectivity index (χ3v) is 6.21. The largest absolute Gasteiger partial charge is 0.493 e. The van der Waals surface area contributed by atoms with Crippen molar-refractivity contribution in [3.8, 4) is 17.2 Å². The lowest BCUT2D eigenvalue weighted by Gasteiger charge is -2.30. The monoisotopic (exact) mass is 545 g/mol. The molecule has 3 aromatic carbocycles. The van der Waals surface area contributed by atoms with Crippen LogP contribution in [-0.4, -0.2) is 31.9 Å². The lowest BCUT2D eigenvalue weighted by atomic mass is 9.81. The van der Waals surface area contributed by atoms with Gasteiger partial charge in [-0.25, -0.2) is 4.79 Å². The van der Waals surface area contributed by atoms with Crippen molar-refractivity contribution >= 4 is 50.1 Å². The number of hydrogen-bond acceptors (Lipinski definition) is 7. The highest BCUT2D eigenvalue weighted by Gasteiger charge is 2.35. The van der Waals surface area contributed by atoms with Crippen LogP contribution in [0.25, 0.3) is 10.8 Å². The van der Waals surface area contributed by atoms with Crippen LogP contribution >= 0.6 is 27.5 Å². The Morgan fingerprint density at radius 3 is 2.65 bits per heavy atom. The van der Waals surface area contributed by atoms with Crippen molar-refractivity contribution in [2.45, 2.75) is 5.92 Å². The first-order valence-electron chi connectivity index (χ1n) is 10.1. The van der Waals surface area contributed by atoms with E-state index in [4.69, 9.17) is 42.1 Å². The topological polar surface area (TPSA) is 118 Å². The molecule has 0 aromatic heterocycles. The lowest BCUT2D eigenvalue weighted by Crippen LogP contribution is -2.30. The standard InChI is InChI=1S/C24H21BrClN3O5/c1-31-17-10-13(9-16(25)22(17)32-2)19-15-8-7-12-5-3-4-6-14(12)21(15)33-24(28)20(19)23(27)29-34-18(30)11-26/h3-10,19H,11,28H2,1-2H3,(H2,27,29). The maximum atomic E-state index is 11.5. The molecular weight excluding hydrogens is 526 g/mol. The predicted molar refractivity (Wildman–Crippen MR) is 133 cm³/mol. The van der Waals surface area contributed by atoms with E-state index in [1.807, 2.05) is 48.5 Å². The van der Waals surface area contributed by atoms with Gasteiger partial charge in [0.2, 0.25) is 0 Å². The van der Waals surface area contributed by atoms with E-state index in [0.29, 0.717) is 27.3 Å². The predicted octanol–water partition coefficient (Wildman–Crippen LogP) is 4.37. The molecule has 4 rings (SSSR count). The zero-order valence-corrected chi connectivity index (χ0v) is 20.6. The summed E-state index contributed by atoms with van der Waals surface area (Å²) in [7, 11) is 3.10. The summed E-state index contributed by atoms with van der Waals surface area (Å²) in [5.41, 5.74) is 14.5. The quantitative estimate of drug-likeness (QED) is 0.155. The van der Waals surface area contributed by atoms with Gasteiger partial charge in [-0.05, 0) is 39.0 Å². The van der Waals surface area contributed by atoms with Gasteiger partial charge in [-0.1, -0.05) is 41.6 Å². The van der Waals surface area contributed by atoms with E-state index in [2.05, 4.69) is 21.1 Å². The summed E-state index contributed by atoms with van der Waals surface area (Å²) in [6.07, 6.45) is 0. The van der Waals surface area contributed by atoms with Gasteiger partial charge in [-0.2, -0.15) is 0 Å². The summed E-state index contributed by atoms with van der Waals surface area (Å²) in [4.78, 5) is 16.3. The van der Waals surface area contributed by atoms with Crippen molar-refractivity contribution in [3.63, 3.8) is 0 Å². The maximum Gasteiger partial charge on any atom is 0.349 e. The van der Waals surface area contributed by atoms with Crippen LogP contribution in [0.4, 0.5) is 0 Å². The number of rotatable bonds is 6. The fourth-order valence-corrected chi connectivity index (χ4v) is 4.63. The fraction of sp³-hybridized carbons (Fsp3) is 0.167. The summed E-state index contributed by atoms with van der Waals surface area (Å²) in [6, 6.07) is 15.4. The number of nitrogens with two attached hydrogens (primary N) is 2. The normalized spacial score (nSPS) is 15.5. The molecule has 0 saturated heterocycles. The molecule has 10 heteroatoms. The van der Waals surface area contributed by atoms with Crippen LogP contribution in [0.15, 0.2) is 69.6 Å². The number of benzene rings is 3. The van der Waals surface area contributed by atoms with Gasteiger partial charge in [0.15, 0.2) is 23.2 Å². The number of methoxy groups -OCH3 is 2. The van der Waals surface area contributed by atoms with Crippen LogP contribution in [0.2, 0.25) is 0 Å². The van der Waals surface area contributed by atoms with Crippen molar-refractivity contribution in [1.82, 2.24) is 0 Å². The number of halogens is 2. The molecular formula is C24H21BrClN3O5. The second-order valence-corrected chi connectivity index (χ2v) is 8.45. The van der Waals surface area contributed by atoms with Crippen LogP contribution in [0.3, 0.4) is 0 Å². The number of carbonyl (C=O) groups excluding carboxylic acids is 1. The molecule has 0 amide bonds. The number of oxime groups is 1. The van der Waals surface area contributed by atoms with Crippen LogP contribution in [0, 0.1) is 0 Å². The minimum atomic E-state index is -0.752. The molecule has 176 valence electrons. The van der Waals surface area contributed by atoms with E-state index in [1.54, 1.807) is 14.2 Å². The number of alkyl halides is 1.